The zero-order chi connectivity index (χ0) is 22.1. The van der Waals surface area contributed by atoms with E-state index in [1.165, 1.54) is 0 Å². The van der Waals surface area contributed by atoms with Crippen molar-refractivity contribution in [3.8, 4) is 5.75 Å². The maximum atomic E-state index is 13.1. The molecule has 0 unspecified atom stereocenters. The molecular weight excluding hydrogens is 404 g/mol. The highest BCUT2D eigenvalue weighted by atomic mass is 16.5. The molecule has 5 rings (SSSR count). The molecule has 2 aromatic carbocycles. The normalized spacial score (nSPS) is 11.0. The largest absolute Gasteiger partial charge is 0.497 e. The SMILES string of the molecule is COc1ccc(NC(=O)c2ccc(Cn3c(=O)c4cccn4c4cccnc43)cc2)cc1. The van der Waals surface area contributed by atoms with E-state index in [2.05, 4.69) is 10.3 Å². The van der Waals surface area contributed by atoms with Gasteiger partial charge in [-0.15, -0.1) is 0 Å². The molecule has 1 N–H and O–H groups in total. The predicted octanol–water partition coefficient (Wildman–Crippen LogP) is 3.96. The van der Waals surface area contributed by atoms with Gasteiger partial charge in [-0.2, -0.15) is 0 Å². The third kappa shape index (κ3) is 3.50. The summed E-state index contributed by atoms with van der Waals surface area (Å²) in [5.74, 6) is 0.517. The second-order valence-corrected chi connectivity index (χ2v) is 7.38. The minimum atomic E-state index is -0.208. The van der Waals surface area contributed by atoms with Gasteiger partial charge in [-0.1, -0.05) is 12.1 Å². The first-order valence-corrected chi connectivity index (χ1v) is 10.1. The van der Waals surface area contributed by atoms with E-state index >= 15 is 0 Å². The van der Waals surface area contributed by atoms with Crippen molar-refractivity contribution in [2.75, 3.05) is 12.4 Å². The first kappa shape index (κ1) is 19.6. The number of carbonyl (C=O) groups is 1. The minimum absolute atomic E-state index is 0.109. The molecule has 0 saturated heterocycles. The molecule has 0 fully saturated rings. The van der Waals surface area contributed by atoms with Gasteiger partial charge in [0.2, 0.25) is 0 Å². The Morgan fingerprint density at radius 3 is 2.47 bits per heavy atom. The Labute approximate surface area is 183 Å². The van der Waals surface area contributed by atoms with Gasteiger partial charge in [-0.3, -0.25) is 14.2 Å². The number of pyridine rings is 1. The number of anilines is 1. The van der Waals surface area contributed by atoms with Crippen LogP contribution in [0.2, 0.25) is 0 Å². The lowest BCUT2D eigenvalue weighted by atomic mass is 10.1. The van der Waals surface area contributed by atoms with Gasteiger partial charge in [0.1, 0.15) is 11.3 Å². The number of nitrogens with one attached hydrogen (secondary N) is 1. The summed E-state index contributed by atoms with van der Waals surface area (Å²) in [6.07, 6.45) is 3.54. The van der Waals surface area contributed by atoms with Crippen molar-refractivity contribution in [1.29, 1.82) is 0 Å². The second-order valence-electron chi connectivity index (χ2n) is 7.38. The van der Waals surface area contributed by atoms with Gasteiger partial charge in [0, 0.05) is 23.6 Å². The molecule has 0 spiro atoms. The minimum Gasteiger partial charge on any atom is -0.497 e. The van der Waals surface area contributed by atoms with Crippen LogP contribution in [0.3, 0.4) is 0 Å². The van der Waals surface area contributed by atoms with Crippen molar-refractivity contribution < 1.29 is 9.53 Å². The number of hydrogen-bond acceptors (Lipinski definition) is 4. The van der Waals surface area contributed by atoms with Crippen LogP contribution < -0.4 is 15.6 Å². The molecule has 7 heteroatoms. The van der Waals surface area contributed by atoms with E-state index in [0.717, 1.165) is 16.8 Å². The molecule has 5 aromatic rings. The molecule has 0 atom stereocenters. The quantitative estimate of drug-likeness (QED) is 0.463. The molecule has 0 bridgehead atoms. The molecule has 0 aliphatic rings. The molecule has 32 heavy (non-hydrogen) atoms. The molecule has 1 amide bonds. The molecule has 158 valence electrons. The standard InChI is InChI=1S/C25H20N4O3/c1-32-20-12-10-19(11-13-20)27-24(30)18-8-6-17(7-9-18)16-29-23-21(4-2-14-26-23)28-15-3-5-22(28)25(29)31/h2-15H,16H2,1H3,(H,27,30). The van der Waals surface area contributed by atoms with Gasteiger partial charge < -0.3 is 14.5 Å². The zero-order valence-electron chi connectivity index (χ0n) is 17.4. The van der Waals surface area contributed by atoms with Gasteiger partial charge in [0.25, 0.3) is 11.5 Å². The van der Waals surface area contributed by atoms with E-state index in [9.17, 15) is 9.59 Å². The number of nitrogens with zero attached hydrogens (tertiary/aromatic N) is 3. The smallest absolute Gasteiger partial charge is 0.276 e. The van der Waals surface area contributed by atoms with Crippen molar-refractivity contribution in [3.05, 3.63) is 107 Å². The van der Waals surface area contributed by atoms with Crippen LogP contribution in [-0.2, 0) is 6.54 Å². The Morgan fingerprint density at radius 2 is 1.72 bits per heavy atom. The molecule has 0 aliphatic heterocycles. The van der Waals surface area contributed by atoms with Crippen LogP contribution in [0.1, 0.15) is 15.9 Å². The van der Waals surface area contributed by atoms with Crippen LogP contribution in [0.5, 0.6) is 5.75 Å². The van der Waals surface area contributed by atoms with Gasteiger partial charge in [0.05, 0.1) is 19.2 Å². The van der Waals surface area contributed by atoms with Crippen LogP contribution in [0.4, 0.5) is 5.69 Å². The number of amides is 1. The fourth-order valence-electron chi connectivity index (χ4n) is 3.75. The summed E-state index contributed by atoms with van der Waals surface area (Å²) >= 11 is 0. The fourth-order valence-corrected chi connectivity index (χ4v) is 3.75. The molecule has 3 heterocycles. The topological polar surface area (TPSA) is 77.6 Å². The van der Waals surface area contributed by atoms with E-state index in [4.69, 9.17) is 4.74 Å². The Balaban J connectivity index is 1.41. The van der Waals surface area contributed by atoms with Crippen LogP contribution in [0, 0.1) is 0 Å². The van der Waals surface area contributed by atoms with Gasteiger partial charge >= 0.3 is 0 Å². The lowest BCUT2D eigenvalue weighted by Crippen LogP contribution is -2.24. The third-order valence-corrected chi connectivity index (χ3v) is 5.40. The maximum absolute atomic E-state index is 13.1. The van der Waals surface area contributed by atoms with Crippen molar-refractivity contribution in [2.45, 2.75) is 6.54 Å². The van der Waals surface area contributed by atoms with E-state index in [0.29, 0.717) is 29.0 Å². The van der Waals surface area contributed by atoms with E-state index in [1.54, 1.807) is 60.3 Å². The van der Waals surface area contributed by atoms with Crippen molar-refractivity contribution in [3.63, 3.8) is 0 Å². The summed E-state index contributed by atoms with van der Waals surface area (Å²) < 4.78 is 8.65. The van der Waals surface area contributed by atoms with Crippen LogP contribution in [0.15, 0.2) is 90.0 Å². The van der Waals surface area contributed by atoms with Crippen LogP contribution >= 0.6 is 0 Å². The Morgan fingerprint density at radius 1 is 0.969 bits per heavy atom. The molecule has 0 aliphatic carbocycles. The maximum Gasteiger partial charge on any atom is 0.276 e. The summed E-state index contributed by atoms with van der Waals surface area (Å²) in [4.78, 5) is 30.1. The number of fused-ring (bicyclic) bond motifs is 3. The number of rotatable bonds is 5. The molecule has 0 radical (unpaired) electrons. The highest BCUT2D eigenvalue weighted by Crippen LogP contribution is 2.17. The van der Waals surface area contributed by atoms with E-state index in [-0.39, 0.29) is 11.5 Å². The number of aromatic nitrogens is 3. The highest BCUT2D eigenvalue weighted by molar-refractivity contribution is 6.04. The monoisotopic (exact) mass is 424 g/mol. The first-order chi connectivity index (χ1) is 15.6. The molecular formula is C25H20N4O3. The first-order valence-electron chi connectivity index (χ1n) is 10.1. The fraction of sp³-hybridized carbons (Fsp3) is 0.0800. The molecule has 0 saturated carbocycles. The van der Waals surface area contributed by atoms with Crippen LogP contribution in [0.25, 0.3) is 16.7 Å². The van der Waals surface area contributed by atoms with E-state index in [1.807, 2.05) is 40.9 Å². The van der Waals surface area contributed by atoms with Gasteiger partial charge in [0.15, 0.2) is 5.65 Å². The lowest BCUT2D eigenvalue weighted by molar-refractivity contribution is 0.102. The predicted molar refractivity (Wildman–Crippen MR) is 123 cm³/mol. The Bertz CT molecular complexity index is 1480. The second kappa shape index (κ2) is 8.03. The molecule has 3 aromatic heterocycles. The Hall–Kier alpha value is -4.39. The highest BCUT2D eigenvalue weighted by Gasteiger charge is 2.12. The average Bonchev–Trinajstić information content (AvgIpc) is 3.33. The lowest BCUT2D eigenvalue weighted by Gasteiger charge is -2.12. The summed E-state index contributed by atoms with van der Waals surface area (Å²) in [5, 5.41) is 2.87. The van der Waals surface area contributed by atoms with Gasteiger partial charge in [-0.05, 0) is 66.2 Å². The Kier molecular flexibility index (Phi) is 4.91. The van der Waals surface area contributed by atoms with Crippen molar-refractivity contribution in [1.82, 2.24) is 14.0 Å². The summed E-state index contributed by atoms with van der Waals surface area (Å²) in [7, 11) is 1.60. The van der Waals surface area contributed by atoms with Crippen molar-refractivity contribution >= 4 is 28.3 Å². The van der Waals surface area contributed by atoms with E-state index < -0.39 is 0 Å². The number of carbonyl (C=O) groups excluding carboxylic acids is 1. The average molecular weight is 424 g/mol. The zero-order valence-corrected chi connectivity index (χ0v) is 17.4. The number of hydrogen-bond donors (Lipinski definition) is 1. The summed E-state index contributed by atoms with van der Waals surface area (Å²) in [6, 6.07) is 21.8. The summed E-state index contributed by atoms with van der Waals surface area (Å²) in [6.45, 7) is 0.356. The number of ether oxygens (including phenoxy) is 1. The van der Waals surface area contributed by atoms with Gasteiger partial charge in [-0.25, -0.2) is 4.98 Å². The van der Waals surface area contributed by atoms with Crippen LogP contribution in [-0.4, -0.2) is 27.0 Å². The summed E-state index contributed by atoms with van der Waals surface area (Å²) in [5.41, 5.74) is 4.08. The third-order valence-electron chi connectivity index (χ3n) is 5.40. The number of methoxy groups -OCH3 is 1. The number of benzene rings is 2. The van der Waals surface area contributed by atoms with Crippen molar-refractivity contribution in [2.24, 2.45) is 0 Å². The molecule has 7 nitrogen and oxygen atoms in total.